The van der Waals surface area contributed by atoms with Gasteiger partial charge in [0.2, 0.25) is 11.8 Å². The zero-order valence-corrected chi connectivity index (χ0v) is 14.2. The average molecular weight is 329 g/mol. The molecular weight excluding hydrogens is 302 g/mol. The largest absolute Gasteiger partial charge is 0.352 e. The lowest BCUT2D eigenvalue weighted by Crippen LogP contribution is -2.35. The van der Waals surface area contributed by atoms with E-state index < -0.39 is 0 Å². The predicted molar refractivity (Wildman–Crippen MR) is 92.8 cm³/mol. The van der Waals surface area contributed by atoms with Crippen LogP contribution in [0.5, 0.6) is 0 Å². The molecule has 5 heteroatoms. The average Bonchev–Trinajstić information content (AvgIpc) is 3.23. The zero-order chi connectivity index (χ0) is 16.9. The van der Waals surface area contributed by atoms with Gasteiger partial charge in [-0.2, -0.15) is 0 Å². The van der Waals surface area contributed by atoms with Crippen LogP contribution in [-0.2, 0) is 22.7 Å². The summed E-state index contributed by atoms with van der Waals surface area (Å²) in [5.41, 5.74) is 7.99. The molecule has 2 atom stereocenters. The number of nitrogens with zero attached hydrogens (tertiary/aromatic N) is 1. The number of carbonyl (C=O) groups is 2. The molecule has 0 radical (unpaired) electrons. The molecule has 5 nitrogen and oxygen atoms in total. The van der Waals surface area contributed by atoms with Crippen LogP contribution in [0, 0.1) is 11.8 Å². The zero-order valence-electron chi connectivity index (χ0n) is 14.2. The number of hydrogen-bond acceptors (Lipinski definition) is 3. The van der Waals surface area contributed by atoms with Gasteiger partial charge in [0.1, 0.15) is 0 Å². The van der Waals surface area contributed by atoms with E-state index in [1.54, 1.807) is 0 Å². The van der Waals surface area contributed by atoms with E-state index in [-0.39, 0.29) is 17.7 Å². The lowest BCUT2D eigenvalue weighted by molar-refractivity contribution is -0.128. The topological polar surface area (TPSA) is 75.4 Å². The second-order valence-corrected chi connectivity index (χ2v) is 6.94. The van der Waals surface area contributed by atoms with Crippen molar-refractivity contribution in [2.24, 2.45) is 17.6 Å². The lowest BCUT2D eigenvalue weighted by atomic mass is 9.95. The Bertz CT molecular complexity index is 602. The predicted octanol–water partition coefficient (Wildman–Crippen LogP) is 1.80. The van der Waals surface area contributed by atoms with E-state index in [2.05, 4.69) is 5.32 Å². The first-order valence-corrected chi connectivity index (χ1v) is 9.01. The van der Waals surface area contributed by atoms with E-state index in [0.29, 0.717) is 32.0 Å². The molecule has 1 saturated heterocycles. The number of carbonyl (C=O) groups excluding carboxylic acids is 2. The van der Waals surface area contributed by atoms with Crippen molar-refractivity contribution in [3.63, 3.8) is 0 Å². The summed E-state index contributed by atoms with van der Waals surface area (Å²) in [5, 5.41) is 3.08. The summed E-state index contributed by atoms with van der Waals surface area (Å²) in [6.45, 7) is 2.58. The van der Waals surface area contributed by atoms with Crippen LogP contribution in [0.3, 0.4) is 0 Å². The number of benzene rings is 1. The number of amides is 2. The van der Waals surface area contributed by atoms with E-state index in [4.69, 9.17) is 5.73 Å². The van der Waals surface area contributed by atoms with Gasteiger partial charge >= 0.3 is 0 Å². The molecule has 1 aromatic rings. The Labute approximate surface area is 143 Å². The van der Waals surface area contributed by atoms with E-state index in [1.165, 1.54) is 0 Å². The number of nitrogens with one attached hydrogen (secondary N) is 1. The van der Waals surface area contributed by atoms with E-state index in [9.17, 15) is 9.59 Å². The fourth-order valence-electron chi connectivity index (χ4n) is 3.94. The van der Waals surface area contributed by atoms with Crippen molar-refractivity contribution in [2.75, 3.05) is 13.1 Å². The summed E-state index contributed by atoms with van der Waals surface area (Å²) in [5.74, 6) is 0.727. The summed E-state index contributed by atoms with van der Waals surface area (Å²) in [7, 11) is 0. The van der Waals surface area contributed by atoms with Gasteiger partial charge in [0, 0.05) is 32.0 Å². The molecule has 0 spiro atoms. The van der Waals surface area contributed by atoms with Gasteiger partial charge < -0.3 is 16.0 Å². The molecular formula is C19H27N3O2. The van der Waals surface area contributed by atoms with Crippen LogP contribution in [0.2, 0.25) is 0 Å². The fourth-order valence-corrected chi connectivity index (χ4v) is 3.94. The first-order chi connectivity index (χ1) is 11.7. The first-order valence-electron chi connectivity index (χ1n) is 9.01. The molecule has 1 aromatic carbocycles. The van der Waals surface area contributed by atoms with Crippen molar-refractivity contribution in [3.8, 4) is 0 Å². The number of rotatable bonds is 6. The van der Waals surface area contributed by atoms with Crippen molar-refractivity contribution in [2.45, 2.75) is 45.2 Å². The van der Waals surface area contributed by atoms with Gasteiger partial charge in [-0.3, -0.25) is 9.59 Å². The van der Waals surface area contributed by atoms with Crippen LogP contribution in [0.15, 0.2) is 24.3 Å². The minimum atomic E-state index is 0.0577. The normalized spacial score (nSPS) is 23.7. The summed E-state index contributed by atoms with van der Waals surface area (Å²) >= 11 is 0. The Hall–Kier alpha value is -1.88. The molecule has 0 unspecified atom stereocenters. The Morgan fingerprint density at radius 3 is 2.71 bits per heavy atom. The summed E-state index contributed by atoms with van der Waals surface area (Å²) in [4.78, 5) is 26.2. The molecule has 2 aliphatic rings. The minimum Gasteiger partial charge on any atom is -0.352 e. The van der Waals surface area contributed by atoms with Gasteiger partial charge in [0.25, 0.3) is 0 Å². The van der Waals surface area contributed by atoms with Crippen LogP contribution < -0.4 is 11.1 Å². The van der Waals surface area contributed by atoms with Crippen LogP contribution in [0.1, 0.15) is 43.2 Å². The van der Waals surface area contributed by atoms with E-state index in [1.807, 2.05) is 29.2 Å². The Morgan fingerprint density at radius 1 is 1.21 bits per heavy atom. The third-order valence-electron chi connectivity index (χ3n) is 5.40. The molecule has 130 valence electrons. The van der Waals surface area contributed by atoms with E-state index >= 15 is 0 Å². The molecule has 2 amide bonds. The van der Waals surface area contributed by atoms with Crippen molar-refractivity contribution < 1.29 is 9.59 Å². The highest BCUT2D eigenvalue weighted by atomic mass is 16.2. The van der Waals surface area contributed by atoms with Crippen molar-refractivity contribution >= 4 is 11.8 Å². The van der Waals surface area contributed by atoms with Crippen molar-refractivity contribution in [1.29, 1.82) is 0 Å². The Morgan fingerprint density at radius 2 is 2.00 bits per heavy atom. The second-order valence-electron chi connectivity index (χ2n) is 6.94. The van der Waals surface area contributed by atoms with E-state index in [0.717, 1.165) is 43.4 Å². The third-order valence-corrected chi connectivity index (χ3v) is 5.40. The highest BCUT2D eigenvalue weighted by Crippen LogP contribution is 2.31. The Balaban J connectivity index is 1.61. The Kier molecular flexibility index (Phi) is 5.51. The van der Waals surface area contributed by atoms with Crippen molar-refractivity contribution in [3.05, 3.63) is 35.4 Å². The molecule has 3 rings (SSSR count). The van der Waals surface area contributed by atoms with Crippen LogP contribution in [-0.4, -0.2) is 29.8 Å². The first kappa shape index (κ1) is 17.0. The fraction of sp³-hybridized carbons (Fsp3) is 0.579. The molecule has 1 aliphatic carbocycles. The van der Waals surface area contributed by atoms with Crippen LogP contribution in [0.4, 0.5) is 0 Å². The molecule has 0 bridgehead atoms. The second kappa shape index (κ2) is 7.79. The molecule has 3 N–H and O–H groups in total. The monoisotopic (exact) mass is 329 g/mol. The van der Waals surface area contributed by atoms with Gasteiger partial charge in [0.05, 0.1) is 0 Å². The maximum absolute atomic E-state index is 12.5. The highest BCUT2D eigenvalue weighted by molar-refractivity contribution is 5.79. The third kappa shape index (κ3) is 3.78. The molecule has 2 fully saturated rings. The molecule has 0 aromatic heterocycles. The lowest BCUT2D eigenvalue weighted by Gasteiger charge is -2.20. The van der Waals surface area contributed by atoms with Crippen molar-refractivity contribution in [1.82, 2.24) is 10.2 Å². The summed E-state index contributed by atoms with van der Waals surface area (Å²) < 4.78 is 0. The van der Waals surface area contributed by atoms with Gasteiger partial charge in [-0.15, -0.1) is 0 Å². The number of likely N-dealkylation sites (tertiary alicyclic amines) is 1. The summed E-state index contributed by atoms with van der Waals surface area (Å²) in [6.07, 6.45) is 4.69. The maximum Gasteiger partial charge on any atom is 0.223 e. The molecule has 1 aliphatic heterocycles. The highest BCUT2D eigenvalue weighted by Gasteiger charge is 2.31. The quantitative estimate of drug-likeness (QED) is 0.835. The van der Waals surface area contributed by atoms with Gasteiger partial charge in [-0.1, -0.05) is 30.7 Å². The summed E-state index contributed by atoms with van der Waals surface area (Å²) in [6, 6.07) is 8.05. The SMILES string of the molecule is NC[C@H]1CCC[C@H]1C(=O)NCc1ccccc1CN1CCCC1=O. The number of hydrogen-bond donors (Lipinski definition) is 2. The van der Waals surface area contributed by atoms with Gasteiger partial charge in [-0.25, -0.2) is 0 Å². The smallest absolute Gasteiger partial charge is 0.223 e. The van der Waals surface area contributed by atoms with Gasteiger partial charge in [0.15, 0.2) is 0 Å². The minimum absolute atomic E-state index is 0.0577. The molecule has 1 heterocycles. The van der Waals surface area contributed by atoms with Crippen LogP contribution >= 0.6 is 0 Å². The molecule has 24 heavy (non-hydrogen) atoms. The number of nitrogens with two attached hydrogens (primary N) is 1. The standard InChI is InChI=1S/C19H27N3O2/c20-11-14-7-3-8-17(14)19(24)21-12-15-5-1-2-6-16(15)13-22-10-4-9-18(22)23/h1-2,5-6,14,17H,3-4,7-13,20H2,(H,21,24)/t14-,17-/m1/s1. The molecule has 1 saturated carbocycles. The van der Waals surface area contributed by atoms with Crippen LogP contribution in [0.25, 0.3) is 0 Å². The maximum atomic E-state index is 12.5. The van der Waals surface area contributed by atoms with Gasteiger partial charge in [-0.05, 0) is 42.9 Å².